The predicted molar refractivity (Wildman–Crippen MR) is 149 cm³/mol. The Kier molecular flexibility index (Phi) is 8.89. The summed E-state index contributed by atoms with van der Waals surface area (Å²) in [7, 11) is 0. The number of ether oxygens (including phenoxy) is 2. The molecule has 0 fully saturated rings. The van der Waals surface area contributed by atoms with Crippen LogP contribution in [0.1, 0.15) is 16.7 Å². The van der Waals surface area contributed by atoms with E-state index in [1.54, 1.807) is 60.7 Å². The number of nitrogens with zero attached hydrogens (tertiary/aromatic N) is 1. The van der Waals surface area contributed by atoms with Crippen LogP contribution in [0.3, 0.4) is 0 Å². The molecule has 5 nitrogen and oxygen atoms in total. The van der Waals surface area contributed by atoms with Crippen LogP contribution in [0.15, 0.2) is 103 Å². The number of carbonyl (C=O) groups excluding carboxylic acids is 1. The molecular formula is C30H22FIN2O3. The minimum absolute atomic E-state index is 0.0415. The molecule has 1 N–H and O–H groups in total. The number of anilines is 1. The molecule has 4 aromatic rings. The molecule has 37 heavy (non-hydrogen) atoms. The van der Waals surface area contributed by atoms with Crippen molar-refractivity contribution in [1.82, 2.24) is 0 Å². The van der Waals surface area contributed by atoms with Crippen LogP contribution >= 0.6 is 22.6 Å². The van der Waals surface area contributed by atoms with E-state index in [-0.39, 0.29) is 18.0 Å². The van der Waals surface area contributed by atoms with E-state index in [0.717, 1.165) is 9.13 Å². The van der Waals surface area contributed by atoms with Crippen molar-refractivity contribution in [3.05, 3.63) is 129 Å². The van der Waals surface area contributed by atoms with Crippen LogP contribution in [-0.4, -0.2) is 5.91 Å². The normalized spacial score (nSPS) is 10.9. The topological polar surface area (TPSA) is 71.3 Å². The molecule has 0 spiro atoms. The molecule has 0 unspecified atom stereocenters. The zero-order valence-corrected chi connectivity index (χ0v) is 21.8. The van der Waals surface area contributed by atoms with Gasteiger partial charge in [-0.1, -0.05) is 54.6 Å². The fraction of sp³-hybridized carbons (Fsp3) is 0.0667. The third-order valence-electron chi connectivity index (χ3n) is 5.33. The van der Waals surface area contributed by atoms with Crippen LogP contribution in [0.5, 0.6) is 11.5 Å². The Morgan fingerprint density at radius 1 is 0.919 bits per heavy atom. The van der Waals surface area contributed by atoms with Gasteiger partial charge in [-0.25, -0.2) is 4.39 Å². The van der Waals surface area contributed by atoms with Gasteiger partial charge in [0.1, 0.15) is 42.2 Å². The maximum Gasteiger partial charge on any atom is 0.266 e. The molecule has 1 amide bonds. The molecule has 0 saturated carbocycles. The first kappa shape index (κ1) is 25.9. The molecule has 0 aliphatic carbocycles. The summed E-state index contributed by atoms with van der Waals surface area (Å²) < 4.78 is 26.1. The number of nitriles is 1. The lowest BCUT2D eigenvalue weighted by Crippen LogP contribution is -2.13. The third-order valence-corrected chi connectivity index (χ3v) is 6.18. The van der Waals surface area contributed by atoms with Gasteiger partial charge in [0, 0.05) is 11.3 Å². The average molecular weight is 604 g/mol. The van der Waals surface area contributed by atoms with E-state index in [1.165, 1.54) is 12.1 Å². The minimum Gasteiger partial charge on any atom is -0.489 e. The van der Waals surface area contributed by atoms with Gasteiger partial charge >= 0.3 is 0 Å². The summed E-state index contributed by atoms with van der Waals surface area (Å²) in [5.41, 5.74) is 2.69. The van der Waals surface area contributed by atoms with Gasteiger partial charge in [-0.15, -0.1) is 0 Å². The standard InChI is InChI=1S/C30H22FIN2O3/c31-27-9-5-4-8-23(27)20-37-29-15-10-22(17-28(29)32)16-24(18-33)30(35)34-25-11-13-26(14-12-25)36-19-21-6-2-1-3-7-21/h1-17H,19-20H2,(H,34,35)/b24-16+. The van der Waals surface area contributed by atoms with Gasteiger partial charge < -0.3 is 14.8 Å². The van der Waals surface area contributed by atoms with Gasteiger partial charge in [0.15, 0.2) is 0 Å². The van der Waals surface area contributed by atoms with Crippen molar-refractivity contribution >= 4 is 40.3 Å². The number of hydrogen-bond donors (Lipinski definition) is 1. The van der Waals surface area contributed by atoms with E-state index >= 15 is 0 Å². The van der Waals surface area contributed by atoms with Crippen LogP contribution in [0, 0.1) is 20.7 Å². The van der Waals surface area contributed by atoms with Gasteiger partial charge in [0.2, 0.25) is 0 Å². The summed E-state index contributed by atoms with van der Waals surface area (Å²) in [6.45, 7) is 0.541. The van der Waals surface area contributed by atoms with E-state index in [0.29, 0.717) is 34.9 Å². The molecule has 7 heteroatoms. The van der Waals surface area contributed by atoms with Gasteiger partial charge in [0.05, 0.1) is 3.57 Å². The molecule has 0 atom stereocenters. The Balaban J connectivity index is 1.36. The molecule has 0 saturated heterocycles. The zero-order chi connectivity index (χ0) is 26.0. The highest BCUT2D eigenvalue weighted by molar-refractivity contribution is 14.1. The fourth-order valence-electron chi connectivity index (χ4n) is 3.38. The number of hydrogen-bond acceptors (Lipinski definition) is 4. The largest absolute Gasteiger partial charge is 0.489 e. The predicted octanol–water partition coefficient (Wildman–Crippen LogP) is 7.13. The lowest BCUT2D eigenvalue weighted by molar-refractivity contribution is -0.112. The molecule has 0 radical (unpaired) electrons. The van der Waals surface area contributed by atoms with Gasteiger partial charge in [-0.3, -0.25) is 4.79 Å². The highest BCUT2D eigenvalue weighted by Gasteiger charge is 2.11. The van der Waals surface area contributed by atoms with Gasteiger partial charge in [-0.05, 0) is 82.3 Å². The monoisotopic (exact) mass is 604 g/mol. The Hall–Kier alpha value is -4.16. The number of amides is 1. The number of nitrogens with one attached hydrogen (secondary N) is 1. The quantitative estimate of drug-likeness (QED) is 0.125. The second kappa shape index (κ2) is 12.7. The highest BCUT2D eigenvalue weighted by atomic mass is 127. The van der Waals surface area contributed by atoms with Crippen LogP contribution in [0.2, 0.25) is 0 Å². The molecular weight excluding hydrogens is 582 g/mol. The van der Waals surface area contributed by atoms with Crippen molar-refractivity contribution in [3.8, 4) is 17.6 Å². The van der Waals surface area contributed by atoms with Crippen molar-refractivity contribution in [2.75, 3.05) is 5.32 Å². The Bertz CT molecular complexity index is 1450. The Labute approximate surface area is 228 Å². The lowest BCUT2D eigenvalue weighted by Gasteiger charge is -2.10. The Morgan fingerprint density at radius 3 is 2.35 bits per heavy atom. The number of rotatable bonds is 9. The molecule has 0 aliphatic rings. The summed E-state index contributed by atoms with van der Waals surface area (Å²) in [6, 6.07) is 30.4. The molecule has 0 aliphatic heterocycles. The van der Waals surface area contributed by atoms with E-state index in [9.17, 15) is 14.4 Å². The maximum atomic E-state index is 13.8. The average Bonchev–Trinajstić information content (AvgIpc) is 2.92. The molecule has 0 aromatic heterocycles. The summed E-state index contributed by atoms with van der Waals surface area (Å²) >= 11 is 2.10. The third kappa shape index (κ3) is 7.41. The summed E-state index contributed by atoms with van der Waals surface area (Å²) in [4.78, 5) is 12.7. The van der Waals surface area contributed by atoms with Crippen LogP contribution < -0.4 is 14.8 Å². The van der Waals surface area contributed by atoms with E-state index in [4.69, 9.17) is 9.47 Å². The van der Waals surface area contributed by atoms with Crippen molar-refractivity contribution in [1.29, 1.82) is 5.26 Å². The number of benzene rings is 4. The van der Waals surface area contributed by atoms with Gasteiger partial charge in [-0.2, -0.15) is 5.26 Å². The lowest BCUT2D eigenvalue weighted by atomic mass is 10.1. The SMILES string of the molecule is N#C/C(=C\c1ccc(OCc2ccccc2F)c(I)c1)C(=O)Nc1ccc(OCc2ccccc2)cc1. The van der Waals surface area contributed by atoms with E-state index < -0.39 is 5.91 Å². The summed E-state index contributed by atoms with van der Waals surface area (Å²) in [6.07, 6.45) is 1.51. The van der Waals surface area contributed by atoms with E-state index in [2.05, 4.69) is 27.9 Å². The summed E-state index contributed by atoms with van der Waals surface area (Å²) in [5.74, 6) is 0.412. The van der Waals surface area contributed by atoms with Crippen molar-refractivity contribution in [2.24, 2.45) is 0 Å². The molecule has 4 rings (SSSR count). The second-order valence-corrected chi connectivity index (χ2v) is 9.15. The fourth-order valence-corrected chi connectivity index (χ4v) is 4.08. The first-order valence-electron chi connectivity index (χ1n) is 11.4. The highest BCUT2D eigenvalue weighted by Crippen LogP contribution is 2.25. The van der Waals surface area contributed by atoms with Crippen LogP contribution in [0.25, 0.3) is 6.08 Å². The minimum atomic E-state index is -0.518. The first-order chi connectivity index (χ1) is 18.0. The molecule has 0 heterocycles. The Morgan fingerprint density at radius 2 is 1.65 bits per heavy atom. The number of halogens is 2. The first-order valence-corrected chi connectivity index (χ1v) is 12.5. The smallest absolute Gasteiger partial charge is 0.266 e. The van der Waals surface area contributed by atoms with E-state index in [1.807, 2.05) is 36.4 Å². The van der Waals surface area contributed by atoms with Crippen molar-refractivity contribution < 1.29 is 18.7 Å². The van der Waals surface area contributed by atoms with Crippen LogP contribution in [-0.2, 0) is 18.0 Å². The van der Waals surface area contributed by atoms with Crippen LogP contribution in [0.4, 0.5) is 10.1 Å². The molecule has 0 bridgehead atoms. The second-order valence-electron chi connectivity index (χ2n) is 7.99. The molecule has 4 aromatic carbocycles. The summed E-state index contributed by atoms with van der Waals surface area (Å²) in [5, 5.41) is 12.3. The molecule has 184 valence electrons. The zero-order valence-electron chi connectivity index (χ0n) is 19.7. The van der Waals surface area contributed by atoms with Gasteiger partial charge in [0.25, 0.3) is 5.91 Å². The maximum absolute atomic E-state index is 13.8. The van der Waals surface area contributed by atoms with Crippen molar-refractivity contribution in [3.63, 3.8) is 0 Å². The number of carbonyl (C=O) groups is 1. The van der Waals surface area contributed by atoms with Crippen molar-refractivity contribution in [2.45, 2.75) is 13.2 Å².